The standard InChI is InChI=1S/C35H64N2O18.C2H7N/c1-14-19(37-18(38)13-35(5,6)46)23(42)29(47-8)34(49-14)54-28-22(41)17(4)50-31(26(28)45)53-27-21(40)16(3)51-32(25(27)44)55-30-24(43)20(39)15(2)52-33(30)48-12-10-9-11-36-7;1-3-2/h14-17,19-34,36,39-46H,9-13H2,1-8H3,(H,37,38);3H,1-2H3/t14?,15?,16?,17?,19-,20+,21+,22+,23+,24+,25?,26?,27+,28+,29?,30?,31+,32+,33-,34+;/m1./s1. The second kappa shape index (κ2) is 23.2. The van der Waals surface area contributed by atoms with E-state index < -0.39 is 134 Å². The molecule has 4 rings (SSSR count). The Bertz CT molecular complexity index is 1210. The van der Waals surface area contributed by atoms with Crippen LogP contribution < -0.4 is 16.0 Å². The van der Waals surface area contributed by atoms with E-state index in [1.807, 2.05) is 21.1 Å². The molecule has 0 aromatic carbocycles. The Labute approximate surface area is 340 Å². The van der Waals surface area contributed by atoms with E-state index in [0.717, 1.165) is 13.0 Å². The number of aliphatic hydroxyl groups excluding tert-OH is 7. The maximum atomic E-state index is 12.6. The summed E-state index contributed by atoms with van der Waals surface area (Å²) in [6.45, 7) is 10.0. The van der Waals surface area contributed by atoms with Crippen molar-refractivity contribution in [3.05, 3.63) is 0 Å². The fraction of sp³-hybridized carbons (Fsp3) is 0.973. The highest BCUT2D eigenvalue weighted by Crippen LogP contribution is 2.35. The first-order valence-corrected chi connectivity index (χ1v) is 19.9. The van der Waals surface area contributed by atoms with E-state index in [-0.39, 0.29) is 13.0 Å². The van der Waals surface area contributed by atoms with Crippen molar-refractivity contribution in [1.82, 2.24) is 16.0 Å². The highest BCUT2D eigenvalue weighted by atomic mass is 16.8. The number of methoxy groups -OCH3 is 1. The molecule has 8 unspecified atom stereocenters. The van der Waals surface area contributed by atoms with Crippen LogP contribution in [0.15, 0.2) is 0 Å². The monoisotopic (exact) mass is 845 g/mol. The van der Waals surface area contributed by atoms with E-state index >= 15 is 0 Å². The second-order valence-electron chi connectivity index (χ2n) is 16.0. The van der Waals surface area contributed by atoms with Crippen molar-refractivity contribution in [2.45, 2.75) is 189 Å². The van der Waals surface area contributed by atoms with Gasteiger partial charge in [0.15, 0.2) is 25.2 Å². The Morgan fingerprint density at radius 3 is 1.57 bits per heavy atom. The summed E-state index contributed by atoms with van der Waals surface area (Å²) in [6.07, 6.45) is -24.5. The van der Waals surface area contributed by atoms with E-state index in [1.165, 1.54) is 34.8 Å². The van der Waals surface area contributed by atoms with Gasteiger partial charge in [0.25, 0.3) is 0 Å². The van der Waals surface area contributed by atoms with Crippen LogP contribution in [-0.4, -0.2) is 217 Å². The minimum Gasteiger partial charge on any atom is -0.390 e. The minimum absolute atomic E-state index is 0.242. The summed E-state index contributed by atoms with van der Waals surface area (Å²) >= 11 is 0. The third-order valence-corrected chi connectivity index (χ3v) is 10.3. The molecule has 0 aromatic rings. The van der Waals surface area contributed by atoms with Gasteiger partial charge in [-0.1, -0.05) is 0 Å². The predicted molar refractivity (Wildman–Crippen MR) is 202 cm³/mol. The number of ether oxygens (including phenoxy) is 9. The van der Waals surface area contributed by atoms with Crippen molar-refractivity contribution in [3.63, 3.8) is 0 Å². The number of unbranched alkanes of at least 4 members (excludes halogenated alkanes) is 1. The van der Waals surface area contributed by atoms with E-state index in [2.05, 4.69) is 16.0 Å². The number of rotatable bonds is 16. The molecule has 0 saturated carbocycles. The van der Waals surface area contributed by atoms with Gasteiger partial charge in [0.05, 0.1) is 42.5 Å². The fourth-order valence-corrected chi connectivity index (χ4v) is 7.10. The van der Waals surface area contributed by atoms with E-state index in [0.29, 0.717) is 6.42 Å². The van der Waals surface area contributed by atoms with Crippen molar-refractivity contribution in [1.29, 1.82) is 0 Å². The number of nitrogens with one attached hydrogen (secondary N) is 3. The van der Waals surface area contributed by atoms with E-state index in [4.69, 9.17) is 42.6 Å². The molecular formula is C37H71N3O18. The highest BCUT2D eigenvalue weighted by Gasteiger charge is 2.54. The first-order valence-electron chi connectivity index (χ1n) is 19.9. The molecule has 21 nitrogen and oxygen atoms in total. The zero-order valence-corrected chi connectivity index (χ0v) is 35.2. The Balaban J connectivity index is 0.00000291. The van der Waals surface area contributed by atoms with Gasteiger partial charge in [0.1, 0.15) is 67.1 Å². The molecule has 4 fully saturated rings. The van der Waals surface area contributed by atoms with Crippen LogP contribution in [0.2, 0.25) is 0 Å². The number of carbonyl (C=O) groups is 1. The van der Waals surface area contributed by atoms with Gasteiger partial charge in [-0.25, -0.2) is 0 Å². The molecule has 4 heterocycles. The third kappa shape index (κ3) is 13.4. The van der Waals surface area contributed by atoms with Gasteiger partial charge in [0.2, 0.25) is 5.91 Å². The second-order valence-corrected chi connectivity index (χ2v) is 16.0. The third-order valence-electron chi connectivity index (χ3n) is 10.3. The van der Waals surface area contributed by atoms with Gasteiger partial charge in [-0.2, -0.15) is 0 Å². The molecule has 0 spiro atoms. The van der Waals surface area contributed by atoms with Gasteiger partial charge in [-0.15, -0.1) is 0 Å². The molecule has 4 aliphatic heterocycles. The average molecular weight is 846 g/mol. The van der Waals surface area contributed by atoms with Gasteiger partial charge in [0, 0.05) is 13.7 Å². The quantitative estimate of drug-likeness (QED) is 0.0663. The van der Waals surface area contributed by atoms with E-state index in [1.54, 1.807) is 13.8 Å². The highest BCUT2D eigenvalue weighted by molar-refractivity contribution is 5.77. The number of hydrogen-bond acceptors (Lipinski definition) is 20. The summed E-state index contributed by atoms with van der Waals surface area (Å²) in [5, 5.41) is 96.3. The largest absolute Gasteiger partial charge is 0.390 e. The Morgan fingerprint density at radius 2 is 1.07 bits per heavy atom. The molecule has 342 valence electrons. The molecule has 0 aliphatic carbocycles. The summed E-state index contributed by atoms with van der Waals surface area (Å²) < 4.78 is 52.7. The molecule has 0 aromatic heterocycles. The number of carbonyl (C=O) groups excluding carboxylic acids is 1. The SMILES string of the molecule is CNC.CNCCCCO[C@@H]1OC(C)[C@H](O)[C@H](O)C1O[C@@H]1OC(C)[C@H](O)[C@H](O[C@@H]2OC(C)[C@H](O)[C@H](O[C@@H]3OC(C)[C@@H](NC(=O)CC(C)(C)O)[C@H](O)C3OC)C2O)C1O. The van der Waals surface area contributed by atoms with Crippen LogP contribution in [0.3, 0.4) is 0 Å². The number of aliphatic hydroxyl groups is 8. The molecule has 21 heteroatoms. The summed E-state index contributed by atoms with van der Waals surface area (Å²) in [5.41, 5.74) is -1.30. The smallest absolute Gasteiger partial charge is 0.223 e. The van der Waals surface area contributed by atoms with Crippen LogP contribution >= 0.6 is 0 Å². The van der Waals surface area contributed by atoms with Gasteiger partial charge >= 0.3 is 0 Å². The maximum Gasteiger partial charge on any atom is 0.223 e. The van der Waals surface area contributed by atoms with Crippen LogP contribution in [0.4, 0.5) is 0 Å². The molecule has 4 saturated heterocycles. The number of amides is 1. The zero-order chi connectivity index (χ0) is 43.6. The molecule has 20 atom stereocenters. The first-order chi connectivity index (χ1) is 27.2. The minimum atomic E-state index is -1.77. The lowest BCUT2D eigenvalue weighted by atomic mass is 9.94. The average Bonchev–Trinajstić information content (AvgIpc) is 3.14. The topological polar surface area (TPSA) is 298 Å². The summed E-state index contributed by atoms with van der Waals surface area (Å²) in [7, 11) is 6.85. The van der Waals surface area contributed by atoms with Crippen LogP contribution in [0.1, 0.15) is 60.8 Å². The van der Waals surface area contributed by atoms with Crippen molar-refractivity contribution < 1.29 is 88.3 Å². The van der Waals surface area contributed by atoms with Crippen LogP contribution in [0.5, 0.6) is 0 Å². The summed E-state index contributed by atoms with van der Waals surface area (Å²) in [5.74, 6) is -0.538. The van der Waals surface area contributed by atoms with Crippen LogP contribution in [0.25, 0.3) is 0 Å². The normalized spacial score (nSPS) is 43.6. The van der Waals surface area contributed by atoms with Crippen molar-refractivity contribution in [3.8, 4) is 0 Å². The van der Waals surface area contributed by atoms with Crippen LogP contribution in [-0.2, 0) is 47.4 Å². The maximum absolute atomic E-state index is 12.6. The van der Waals surface area contributed by atoms with Crippen molar-refractivity contribution in [2.24, 2.45) is 0 Å². The Morgan fingerprint density at radius 1 is 0.603 bits per heavy atom. The molecule has 4 aliphatic rings. The lowest BCUT2D eigenvalue weighted by molar-refractivity contribution is -0.387. The zero-order valence-electron chi connectivity index (χ0n) is 35.2. The van der Waals surface area contributed by atoms with Gasteiger partial charge in [-0.3, -0.25) is 4.79 Å². The predicted octanol–water partition coefficient (Wildman–Crippen LogP) is -3.84. The molecule has 1 amide bonds. The Kier molecular flexibility index (Phi) is 20.5. The Hall–Kier alpha value is -1.29. The lowest BCUT2D eigenvalue weighted by Gasteiger charge is -2.49. The fourth-order valence-electron chi connectivity index (χ4n) is 7.10. The molecule has 11 N–H and O–H groups in total. The van der Waals surface area contributed by atoms with E-state index in [9.17, 15) is 45.6 Å². The summed E-state index contributed by atoms with van der Waals surface area (Å²) in [4.78, 5) is 12.6. The molecular weight excluding hydrogens is 774 g/mol. The molecule has 0 bridgehead atoms. The molecule has 58 heavy (non-hydrogen) atoms. The lowest BCUT2D eigenvalue weighted by Crippen LogP contribution is -2.67. The van der Waals surface area contributed by atoms with Gasteiger partial charge in [-0.05, 0) is 82.1 Å². The summed E-state index contributed by atoms with van der Waals surface area (Å²) in [6, 6.07) is -0.967. The van der Waals surface area contributed by atoms with Gasteiger partial charge < -0.3 is 99.4 Å². The van der Waals surface area contributed by atoms with Crippen LogP contribution in [0, 0.1) is 0 Å². The van der Waals surface area contributed by atoms with Crippen molar-refractivity contribution >= 4 is 5.91 Å². The molecule has 0 radical (unpaired) electrons. The van der Waals surface area contributed by atoms with Crippen molar-refractivity contribution in [2.75, 3.05) is 41.4 Å². The number of hydrogen-bond donors (Lipinski definition) is 11. The first kappa shape index (κ1) is 51.1.